The number of aliphatic hydroxyl groups excluding tert-OH is 1. The number of pyridine rings is 1. The Bertz CT molecular complexity index is 660. The zero-order valence-electron chi connectivity index (χ0n) is 11.2. The number of carbonyl (C=O) groups is 1. The molecule has 2 aromatic rings. The number of nitrogen functional groups attached to an aromatic ring is 1. The second-order valence-corrected chi connectivity index (χ2v) is 4.44. The molecule has 106 valence electrons. The summed E-state index contributed by atoms with van der Waals surface area (Å²) in [6.45, 7) is 0.0600. The van der Waals surface area contributed by atoms with Crippen molar-refractivity contribution in [2.45, 2.75) is 6.10 Å². The number of aliphatic hydroxyl groups is 1. The second-order valence-electron chi connectivity index (χ2n) is 4.44. The molecule has 0 aliphatic rings. The summed E-state index contributed by atoms with van der Waals surface area (Å²) in [4.78, 5) is 15.7. The van der Waals surface area contributed by atoms with E-state index in [0.29, 0.717) is 16.8 Å². The molecule has 0 aliphatic heterocycles. The van der Waals surface area contributed by atoms with Crippen LogP contribution in [0.2, 0.25) is 0 Å². The van der Waals surface area contributed by atoms with Crippen LogP contribution in [0.4, 0.5) is 5.69 Å². The van der Waals surface area contributed by atoms with Crippen molar-refractivity contribution in [2.24, 2.45) is 0 Å². The number of rotatable bonds is 4. The van der Waals surface area contributed by atoms with Gasteiger partial charge in [0.15, 0.2) is 0 Å². The maximum Gasteiger partial charge on any atom is 0.269 e. The maximum absolute atomic E-state index is 11.8. The smallest absolute Gasteiger partial charge is 0.269 e. The number of anilines is 1. The van der Waals surface area contributed by atoms with Gasteiger partial charge in [0.2, 0.25) is 0 Å². The molecule has 0 radical (unpaired) electrons. The highest BCUT2D eigenvalue weighted by atomic mass is 16.3. The van der Waals surface area contributed by atoms with Crippen LogP contribution in [0, 0.1) is 11.3 Å². The predicted octanol–water partition coefficient (Wildman–Crippen LogP) is 0.999. The van der Waals surface area contributed by atoms with Gasteiger partial charge >= 0.3 is 0 Å². The van der Waals surface area contributed by atoms with E-state index in [1.54, 1.807) is 24.3 Å². The fourth-order valence-electron chi connectivity index (χ4n) is 1.71. The third-order valence-electron chi connectivity index (χ3n) is 2.90. The molecular weight excluding hydrogens is 268 g/mol. The summed E-state index contributed by atoms with van der Waals surface area (Å²) in [7, 11) is 0. The van der Waals surface area contributed by atoms with Crippen molar-refractivity contribution in [3.8, 4) is 6.07 Å². The number of nitriles is 1. The molecule has 1 heterocycles. The molecule has 4 N–H and O–H groups in total. The van der Waals surface area contributed by atoms with Crippen LogP contribution < -0.4 is 11.1 Å². The van der Waals surface area contributed by atoms with Gasteiger partial charge in [-0.25, -0.2) is 4.98 Å². The zero-order chi connectivity index (χ0) is 15.2. The molecule has 0 bridgehead atoms. The number of amides is 1. The molecule has 6 heteroatoms. The topological polar surface area (TPSA) is 112 Å². The monoisotopic (exact) mass is 282 g/mol. The summed E-state index contributed by atoms with van der Waals surface area (Å²) in [6, 6.07) is 11.7. The first kappa shape index (κ1) is 14.5. The van der Waals surface area contributed by atoms with E-state index >= 15 is 0 Å². The summed E-state index contributed by atoms with van der Waals surface area (Å²) in [5, 5.41) is 21.2. The van der Waals surface area contributed by atoms with E-state index < -0.39 is 12.0 Å². The molecule has 1 amide bonds. The lowest BCUT2D eigenvalue weighted by molar-refractivity contribution is 0.0911. The highest BCUT2D eigenvalue weighted by Gasteiger charge is 2.11. The van der Waals surface area contributed by atoms with Gasteiger partial charge in [-0.05, 0) is 29.8 Å². The first-order valence-corrected chi connectivity index (χ1v) is 6.28. The van der Waals surface area contributed by atoms with Crippen LogP contribution >= 0.6 is 0 Å². The Balaban J connectivity index is 1.94. The quantitative estimate of drug-likeness (QED) is 0.724. The maximum atomic E-state index is 11.8. The number of aromatic nitrogens is 1. The number of nitrogens with one attached hydrogen (secondary N) is 1. The van der Waals surface area contributed by atoms with E-state index in [0.717, 1.165) is 0 Å². The first-order valence-electron chi connectivity index (χ1n) is 6.28. The Hall–Kier alpha value is -2.91. The SMILES string of the molecule is N#Cc1ccc(C(=O)NCC(O)c2ccc(N)cc2)nc1. The number of benzene rings is 1. The molecule has 1 aromatic carbocycles. The lowest BCUT2D eigenvalue weighted by Crippen LogP contribution is -2.29. The summed E-state index contributed by atoms with van der Waals surface area (Å²) in [6.07, 6.45) is 0.499. The van der Waals surface area contributed by atoms with Gasteiger partial charge in [-0.15, -0.1) is 0 Å². The molecule has 0 saturated heterocycles. The van der Waals surface area contributed by atoms with Crippen molar-refractivity contribution in [3.05, 3.63) is 59.4 Å². The van der Waals surface area contributed by atoms with Gasteiger partial charge in [-0.3, -0.25) is 4.79 Å². The van der Waals surface area contributed by atoms with Gasteiger partial charge in [0.1, 0.15) is 11.8 Å². The molecule has 21 heavy (non-hydrogen) atoms. The standard InChI is InChI=1S/C15H14N4O2/c16-7-10-1-6-13(18-8-10)15(21)19-9-14(20)11-2-4-12(17)5-3-11/h1-6,8,14,20H,9,17H2,(H,19,21). The summed E-state index contributed by atoms with van der Waals surface area (Å²) in [5.74, 6) is -0.408. The van der Waals surface area contributed by atoms with E-state index in [2.05, 4.69) is 10.3 Å². The first-order chi connectivity index (χ1) is 10.1. The number of hydrogen-bond acceptors (Lipinski definition) is 5. The molecular formula is C15H14N4O2. The predicted molar refractivity (Wildman–Crippen MR) is 77.1 cm³/mol. The van der Waals surface area contributed by atoms with E-state index in [9.17, 15) is 9.90 Å². The highest BCUT2D eigenvalue weighted by molar-refractivity contribution is 5.92. The third kappa shape index (κ3) is 3.78. The molecule has 0 saturated carbocycles. The molecule has 0 aliphatic carbocycles. The van der Waals surface area contributed by atoms with Crippen LogP contribution in [0.15, 0.2) is 42.6 Å². The van der Waals surface area contributed by atoms with Crippen molar-refractivity contribution in [3.63, 3.8) is 0 Å². The van der Waals surface area contributed by atoms with Gasteiger partial charge in [-0.2, -0.15) is 5.26 Å². The number of carbonyl (C=O) groups excluding carboxylic acids is 1. The van der Waals surface area contributed by atoms with Gasteiger partial charge in [0, 0.05) is 18.4 Å². The fraction of sp³-hybridized carbons (Fsp3) is 0.133. The van der Waals surface area contributed by atoms with Crippen molar-refractivity contribution in [1.82, 2.24) is 10.3 Å². The highest BCUT2D eigenvalue weighted by Crippen LogP contribution is 2.14. The minimum atomic E-state index is -0.826. The molecule has 0 fully saturated rings. The number of hydrogen-bond donors (Lipinski definition) is 3. The minimum Gasteiger partial charge on any atom is -0.399 e. The molecule has 2 rings (SSSR count). The average molecular weight is 282 g/mol. The zero-order valence-corrected chi connectivity index (χ0v) is 11.2. The molecule has 1 unspecified atom stereocenters. The van der Waals surface area contributed by atoms with Crippen molar-refractivity contribution < 1.29 is 9.90 Å². The summed E-state index contributed by atoms with van der Waals surface area (Å²) >= 11 is 0. The lowest BCUT2D eigenvalue weighted by atomic mass is 10.1. The Morgan fingerprint density at radius 1 is 1.33 bits per heavy atom. The van der Waals surface area contributed by atoms with Crippen LogP contribution in [0.5, 0.6) is 0 Å². The average Bonchev–Trinajstić information content (AvgIpc) is 2.53. The molecule has 6 nitrogen and oxygen atoms in total. The van der Waals surface area contributed by atoms with Gasteiger partial charge < -0.3 is 16.2 Å². The van der Waals surface area contributed by atoms with Crippen LogP contribution in [0.1, 0.15) is 27.7 Å². The van der Waals surface area contributed by atoms with E-state index in [4.69, 9.17) is 11.0 Å². The Kier molecular flexibility index (Phi) is 4.49. The van der Waals surface area contributed by atoms with Crippen LogP contribution in [0.25, 0.3) is 0 Å². The van der Waals surface area contributed by atoms with Crippen LogP contribution in [-0.2, 0) is 0 Å². The van der Waals surface area contributed by atoms with Crippen LogP contribution in [-0.4, -0.2) is 22.5 Å². The normalized spacial score (nSPS) is 11.4. The van der Waals surface area contributed by atoms with Crippen molar-refractivity contribution in [2.75, 3.05) is 12.3 Å². The van der Waals surface area contributed by atoms with Crippen molar-refractivity contribution >= 4 is 11.6 Å². The van der Waals surface area contributed by atoms with E-state index in [1.165, 1.54) is 18.3 Å². The lowest BCUT2D eigenvalue weighted by Gasteiger charge is -2.12. The van der Waals surface area contributed by atoms with Gasteiger partial charge in [0.05, 0.1) is 11.7 Å². The van der Waals surface area contributed by atoms with E-state index in [-0.39, 0.29) is 12.2 Å². The number of nitrogens with two attached hydrogens (primary N) is 1. The molecule has 1 atom stereocenters. The third-order valence-corrected chi connectivity index (χ3v) is 2.90. The fourth-order valence-corrected chi connectivity index (χ4v) is 1.71. The summed E-state index contributed by atoms with van der Waals surface area (Å²) < 4.78 is 0. The largest absolute Gasteiger partial charge is 0.399 e. The van der Waals surface area contributed by atoms with E-state index in [1.807, 2.05) is 6.07 Å². The van der Waals surface area contributed by atoms with Crippen molar-refractivity contribution in [1.29, 1.82) is 5.26 Å². The Morgan fingerprint density at radius 3 is 2.62 bits per heavy atom. The molecule has 0 spiro atoms. The number of nitrogens with zero attached hydrogens (tertiary/aromatic N) is 2. The molecule has 1 aromatic heterocycles. The van der Waals surface area contributed by atoms with Gasteiger partial charge in [0.25, 0.3) is 5.91 Å². The Labute approximate surface area is 121 Å². The van der Waals surface area contributed by atoms with Gasteiger partial charge in [-0.1, -0.05) is 12.1 Å². The van der Waals surface area contributed by atoms with Crippen LogP contribution in [0.3, 0.4) is 0 Å². The second kappa shape index (κ2) is 6.50. The minimum absolute atomic E-state index is 0.0600. The summed E-state index contributed by atoms with van der Waals surface area (Å²) in [5.41, 5.74) is 7.41. The Morgan fingerprint density at radius 2 is 2.05 bits per heavy atom.